The number of nitrogens with zero attached hydrogens (tertiary/aromatic N) is 1. The molecule has 0 radical (unpaired) electrons. The normalized spacial score (nSPS) is 32.7. The minimum atomic E-state index is -0.506. The van der Waals surface area contributed by atoms with E-state index in [1.165, 1.54) is 20.2 Å². The van der Waals surface area contributed by atoms with Gasteiger partial charge in [0.05, 0.1) is 12.7 Å². The van der Waals surface area contributed by atoms with Crippen molar-refractivity contribution >= 4 is 17.5 Å². The number of likely N-dealkylation sites (N-methyl/N-ethyl adjacent to an activating group) is 1. The Kier molecular flexibility index (Phi) is 2.56. The molecule has 82 valence electrons. The number of carbonyl (C=O) groups excluding carboxylic acids is 1. The summed E-state index contributed by atoms with van der Waals surface area (Å²) in [5, 5.41) is 0.916. The molecule has 0 saturated heterocycles. The number of hydrogen-bond donors (Lipinski definition) is 0. The van der Waals surface area contributed by atoms with Crippen LogP contribution in [0.15, 0.2) is 23.6 Å². The lowest BCUT2D eigenvalue weighted by atomic mass is 10.1. The molecule has 1 amide bonds. The fourth-order valence-electron chi connectivity index (χ4n) is 1.68. The highest BCUT2D eigenvalue weighted by Crippen LogP contribution is 2.50. The predicted molar refractivity (Wildman–Crippen MR) is 53.7 cm³/mol. The van der Waals surface area contributed by atoms with Gasteiger partial charge in [-0.15, -0.1) is 11.6 Å². The third kappa shape index (κ3) is 1.68. The maximum atomic E-state index is 13.5. The number of amides is 1. The van der Waals surface area contributed by atoms with E-state index >= 15 is 0 Å². The van der Waals surface area contributed by atoms with Crippen molar-refractivity contribution in [3.05, 3.63) is 23.6 Å². The lowest BCUT2D eigenvalue weighted by molar-refractivity contribution is -0.163. The molecule has 1 fully saturated rings. The van der Waals surface area contributed by atoms with Gasteiger partial charge in [-0.1, -0.05) is 6.08 Å². The number of hydrogen-bond acceptors (Lipinski definition) is 2. The molecule has 5 heteroatoms. The van der Waals surface area contributed by atoms with Crippen LogP contribution < -0.4 is 0 Å². The molecule has 0 aromatic rings. The molecule has 2 rings (SSSR count). The van der Waals surface area contributed by atoms with E-state index in [4.69, 9.17) is 16.4 Å². The molecule has 2 aliphatic carbocycles. The Balaban J connectivity index is 2.20. The molecule has 0 spiro atoms. The molecular formula is C10H11ClFNO2. The van der Waals surface area contributed by atoms with Crippen LogP contribution in [0.3, 0.4) is 0 Å². The van der Waals surface area contributed by atoms with Crippen molar-refractivity contribution < 1.29 is 14.0 Å². The van der Waals surface area contributed by atoms with E-state index in [-0.39, 0.29) is 22.8 Å². The monoisotopic (exact) mass is 231 g/mol. The lowest BCUT2D eigenvalue weighted by Crippen LogP contribution is -2.27. The molecule has 0 bridgehead atoms. The topological polar surface area (TPSA) is 29.5 Å². The van der Waals surface area contributed by atoms with Gasteiger partial charge in [-0.3, -0.25) is 9.63 Å². The number of rotatable bonds is 2. The van der Waals surface area contributed by atoms with Gasteiger partial charge in [-0.05, 0) is 6.08 Å². The first-order valence-electron chi connectivity index (χ1n) is 4.62. The van der Waals surface area contributed by atoms with Crippen molar-refractivity contribution in [3.8, 4) is 0 Å². The van der Waals surface area contributed by atoms with Gasteiger partial charge in [0.2, 0.25) is 0 Å². The Bertz CT molecular complexity index is 366. The van der Waals surface area contributed by atoms with Gasteiger partial charge in [0.15, 0.2) is 0 Å². The molecule has 15 heavy (non-hydrogen) atoms. The lowest BCUT2D eigenvalue weighted by Gasteiger charge is -2.16. The van der Waals surface area contributed by atoms with Crippen LogP contribution in [0.5, 0.6) is 0 Å². The predicted octanol–water partition coefficient (Wildman–Crippen LogP) is 1.65. The number of halogens is 2. The number of carbonyl (C=O) groups is 1. The average Bonchev–Trinajstić information content (AvgIpc) is 2.85. The van der Waals surface area contributed by atoms with Crippen LogP contribution in [0.1, 0.15) is 0 Å². The first-order chi connectivity index (χ1) is 7.06. The van der Waals surface area contributed by atoms with Crippen LogP contribution in [-0.2, 0) is 9.63 Å². The van der Waals surface area contributed by atoms with E-state index in [0.717, 1.165) is 5.06 Å². The van der Waals surface area contributed by atoms with Crippen molar-refractivity contribution in [1.82, 2.24) is 5.06 Å². The minimum Gasteiger partial charge on any atom is -0.274 e. The van der Waals surface area contributed by atoms with Crippen LogP contribution >= 0.6 is 11.6 Å². The summed E-state index contributed by atoms with van der Waals surface area (Å²) in [6.45, 7) is 0. The van der Waals surface area contributed by atoms with Crippen LogP contribution in [0.2, 0.25) is 0 Å². The quantitative estimate of drug-likeness (QED) is 0.534. The van der Waals surface area contributed by atoms with Crippen molar-refractivity contribution in [3.63, 3.8) is 0 Å². The zero-order chi connectivity index (χ0) is 11.2. The van der Waals surface area contributed by atoms with Crippen molar-refractivity contribution in [1.29, 1.82) is 0 Å². The standard InChI is InChI=1S/C10H11ClFNO2/c1-13(15-2)10(14)7-3-5-6(9(5)11)4-8(7)12/h3-6,9H,1-2H3. The molecule has 0 N–H and O–H groups in total. The van der Waals surface area contributed by atoms with Crippen LogP contribution in [0.25, 0.3) is 0 Å². The zero-order valence-corrected chi connectivity index (χ0v) is 9.16. The third-order valence-electron chi connectivity index (χ3n) is 2.78. The first kappa shape index (κ1) is 10.6. The third-order valence-corrected chi connectivity index (χ3v) is 3.37. The Morgan fingerprint density at radius 2 is 2.13 bits per heavy atom. The Morgan fingerprint density at radius 1 is 1.53 bits per heavy atom. The van der Waals surface area contributed by atoms with E-state index in [2.05, 4.69) is 0 Å². The Hall–Kier alpha value is -0.870. The van der Waals surface area contributed by atoms with Gasteiger partial charge in [-0.2, -0.15) is 0 Å². The molecule has 1 saturated carbocycles. The Labute approximate surface area is 92.1 Å². The van der Waals surface area contributed by atoms with Gasteiger partial charge in [0, 0.05) is 24.3 Å². The highest BCUT2D eigenvalue weighted by atomic mass is 35.5. The van der Waals surface area contributed by atoms with Crippen LogP contribution in [0.4, 0.5) is 4.39 Å². The van der Waals surface area contributed by atoms with Crippen molar-refractivity contribution in [2.24, 2.45) is 11.8 Å². The highest BCUT2D eigenvalue weighted by molar-refractivity contribution is 6.23. The molecule has 3 atom stereocenters. The summed E-state index contributed by atoms with van der Waals surface area (Å²) in [6.07, 6.45) is 3.01. The van der Waals surface area contributed by atoms with Crippen LogP contribution in [0, 0.1) is 11.8 Å². The molecule has 2 aliphatic rings. The van der Waals surface area contributed by atoms with Crippen molar-refractivity contribution in [2.75, 3.05) is 14.2 Å². The average molecular weight is 232 g/mol. The summed E-state index contributed by atoms with van der Waals surface area (Å²) >= 11 is 5.89. The second kappa shape index (κ2) is 3.61. The molecular weight excluding hydrogens is 221 g/mol. The summed E-state index contributed by atoms with van der Waals surface area (Å²) in [4.78, 5) is 16.3. The molecule has 3 nitrogen and oxygen atoms in total. The number of alkyl halides is 1. The van der Waals surface area contributed by atoms with Crippen molar-refractivity contribution in [2.45, 2.75) is 5.38 Å². The fraction of sp³-hybridized carbons (Fsp3) is 0.500. The first-order valence-corrected chi connectivity index (χ1v) is 5.05. The SMILES string of the molecule is CON(C)C(=O)C1=CC2C(Cl)C2C=C1F. The van der Waals surface area contributed by atoms with Gasteiger partial charge in [0.25, 0.3) is 5.91 Å². The second-order valence-electron chi connectivity index (χ2n) is 3.68. The summed E-state index contributed by atoms with van der Waals surface area (Å²) in [6, 6.07) is 0. The molecule has 0 heterocycles. The minimum absolute atomic E-state index is 0.0451. The molecule has 0 aromatic carbocycles. The molecule has 0 aliphatic heterocycles. The molecule has 3 unspecified atom stereocenters. The highest BCUT2D eigenvalue weighted by Gasteiger charge is 2.49. The number of allylic oxidation sites excluding steroid dienone is 2. The Morgan fingerprint density at radius 3 is 2.73 bits per heavy atom. The van der Waals surface area contributed by atoms with Gasteiger partial charge in [-0.25, -0.2) is 9.45 Å². The number of hydroxylamine groups is 2. The van der Waals surface area contributed by atoms with E-state index in [9.17, 15) is 9.18 Å². The zero-order valence-electron chi connectivity index (χ0n) is 8.41. The maximum absolute atomic E-state index is 13.5. The largest absolute Gasteiger partial charge is 0.279 e. The van der Waals surface area contributed by atoms with Crippen LogP contribution in [-0.4, -0.2) is 30.5 Å². The molecule has 0 aromatic heterocycles. The summed E-state index contributed by atoms with van der Waals surface area (Å²) < 4.78 is 13.5. The summed E-state index contributed by atoms with van der Waals surface area (Å²) in [5.41, 5.74) is 0.0451. The second-order valence-corrected chi connectivity index (χ2v) is 4.18. The summed E-state index contributed by atoms with van der Waals surface area (Å²) in [7, 11) is 2.79. The fourth-order valence-corrected chi connectivity index (χ4v) is 2.08. The summed E-state index contributed by atoms with van der Waals surface area (Å²) in [5.74, 6) is -0.847. The van der Waals surface area contributed by atoms with Gasteiger partial charge in [0.1, 0.15) is 5.83 Å². The van der Waals surface area contributed by atoms with Gasteiger partial charge < -0.3 is 0 Å². The van der Waals surface area contributed by atoms with Gasteiger partial charge >= 0.3 is 0 Å². The van der Waals surface area contributed by atoms with E-state index in [0.29, 0.717) is 0 Å². The maximum Gasteiger partial charge on any atom is 0.279 e. The van der Waals surface area contributed by atoms with E-state index < -0.39 is 11.7 Å². The van der Waals surface area contributed by atoms with E-state index in [1.54, 1.807) is 6.08 Å². The number of fused-ring (bicyclic) bond motifs is 1. The van der Waals surface area contributed by atoms with E-state index in [1.807, 2.05) is 0 Å². The smallest absolute Gasteiger partial charge is 0.274 e.